The molecule has 1 aromatic carbocycles. The first-order chi connectivity index (χ1) is 11.7. The maximum Gasteiger partial charge on any atom is 0.315 e. The largest absolute Gasteiger partial charge is 0.340 e. The molecule has 0 radical (unpaired) electrons. The second-order valence-electron chi connectivity index (χ2n) is 6.52. The third-order valence-corrected chi connectivity index (χ3v) is 4.75. The molecule has 0 unspecified atom stereocenters. The Bertz CT molecular complexity index is 563. The van der Waals surface area contributed by atoms with Gasteiger partial charge in [-0.15, -0.1) is 0 Å². The predicted octanol–water partition coefficient (Wildman–Crippen LogP) is 0.835. The maximum atomic E-state index is 12.5. The summed E-state index contributed by atoms with van der Waals surface area (Å²) in [6.45, 7) is 4.94. The van der Waals surface area contributed by atoms with Gasteiger partial charge in [0.2, 0.25) is 5.91 Å². The van der Waals surface area contributed by atoms with E-state index in [-0.39, 0.29) is 11.9 Å². The highest BCUT2D eigenvalue weighted by molar-refractivity contribution is 5.90. The molecule has 2 aliphatic heterocycles. The van der Waals surface area contributed by atoms with Crippen LogP contribution in [-0.2, 0) is 11.2 Å². The van der Waals surface area contributed by atoms with Gasteiger partial charge in [0.15, 0.2) is 0 Å². The Hall–Kier alpha value is -2.08. The van der Waals surface area contributed by atoms with Gasteiger partial charge >= 0.3 is 6.03 Å². The highest BCUT2D eigenvalue weighted by atomic mass is 16.2. The van der Waals surface area contributed by atoms with Gasteiger partial charge in [-0.25, -0.2) is 4.79 Å². The minimum atomic E-state index is -0.401. The lowest BCUT2D eigenvalue weighted by Gasteiger charge is -2.24. The first-order valence-electron chi connectivity index (χ1n) is 8.82. The molecule has 130 valence electrons. The quantitative estimate of drug-likeness (QED) is 0.841. The van der Waals surface area contributed by atoms with Gasteiger partial charge in [0, 0.05) is 26.2 Å². The number of hydrogen-bond donors (Lipinski definition) is 2. The van der Waals surface area contributed by atoms with Crippen LogP contribution in [0.1, 0.15) is 18.4 Å². The van der Waals surface area contributed by atoms with Crippen molar-refractivity contribution in [3.05, 3.63) is 35.9 Å². The standard InChI is InChI=1S/C18H26N4O2/c23-17(16-14-19-18(24)20-16)22-11-5-10-21(12-13-22)9-4-8-15-6-2-1-3-7-15/h1-3,6-7,16H,4-5,8-14H2,(H2,19,20,24)/t16-/m1/s1. The van der Waals surface area contributed by atoms with Crippen LogP contribution in [-0.4, -0.2) is 67.0 Å². The van der Waals surface area contributed by atoms with Gasteiger partial charge in [-0.2, -0.15) is 0 Å². The predicted molar refractivity (Wildman–Crippen MR) is 92.7 cm³/mol. The average Bonchev–Trinajstić information content (AvgIpc) is 2.90. The topological polar surface area (TPSA) is 64.7 Å². The van der Waals surface area contributed by atoms with Gasteiger partial charge in [0.25, 0.3) is 0 Å². The van der Waals surface area contributed by atoms with Crippen molar-refractivity contribution in [2.24, 2.45) is 0 Å². The molecule has 0 aliphatic carbocycles. The van der Waals surface area contributed by atoms with Crippen LogP contribution < -0.4 is 10.6 Å². The molecule has 2 aliphatic rings. The zero-order valence-corrected chi connectivity index (χ0v) is 14.0. The Kier molecular flexibility index (Phi) is 5.69. The Labute approximate surface area is 143 Å². The third kappa shape index (κ3) is 4.47. The lowest BCUT2D eigenvalue weighted by molar-refractivity contribution is -0.132. The summed E-state index contributed by atoms with van der Waals surface area (Å²) in [5.41, 5.74) is 1.38. The Morgan fingerprint density at radius 1 is 1.12 bits per heavy atom. The van der Waals surface area contributed by atoms with Crippen LogP contribution in [0.4, 0.5) is 4.79 Å². The molecule has 0 spiro atoms. The molecule has 1 atom stereocenters. The number of urea groups is 1. The molecule has 3 rings (SSSR count). The summed E-state index contributed by atoms with van der Waals surface area (Å²) >= 11 is 0. The molecule has 6 nitrogen and oxygen atoms in total. The molecule has 6 heteroatoms. The molecular weight excluding hydrogens is 304 g/mol. The van der Waals surface area contributed by atoms with Crippen LogP contribution >= 0.6 is 0 Å². The lowest BCUT2D eigenvalue weighted by atomic mass is 10.1. The van der Waals surface area contributed by atoms with Crippen molar-refractivity contribution in [3.8, 4) is 0 Å². The monoisotopic (exact) mass is 330 g/mol. The van der Waals surface area contributed by atoms with Crippen LogP contribution in [0.2, 0.25) is 0 Å². The van der Waals surface area contributed by atoms with E-state index in [4.69, 9.17) is 0 Å². The first-order valence-corrected chi connectivity index (χ1v) is 8.82. The van der Waals surface area contributed by atoms with Gasteiger partial charge in [0.1, 0.15) is 6.04 Å². The van der Waals surface area contributed by atoms with Crippen LogP contribution in [0.5, 0.6) is 0 Å². The van der Waals surface area contributed by atoms with E-state index in [1.165, 1.54) is 5.56 Å². The second-order valence-corrected chi connectivity index (χ2v) is 6.52. The van der Waals surface area contributed by atoms with E-state index < -0.39 is 6.04 Å². The summed E-state index contributed by atoms with van der Waals surface area (Å²) in [5, 5.41) is 5.33. The number of nitrogens with zero attached hydrogens (tertiary/aromatic N) is 2. The molecule has 1 aromatic rings. The van der Waals surface area contributed by atoms with Crippen molar-refractivity contribution >= 4 is 11.9 Å². The first kappa shape index (κ1) is 16.8. The molecule has 24 heavy (non-hydrogen) atoms. The summed E-state index contributed by atoms with van der Waals surface area (Å²) in [6, 6.07) is 9.92. The average molecular weight is 330 g/mol. The fourth-order valence-corrected chi connectivity index (χ4v) is 3.39. The fraction of sp³-hybridized carbons (Fsp3) is 0.556. The van der Waals surface area contributed by atoms with E-state index >= 15 is 0 Å². The van der Waals surface area contributed by atoms with Crippen molar-refractivity contribution in [2.75, 3.05) is 39.3 Å². The number of nitrogens with one attached hydrogen (secondary N) is 2. The molecule has 2 heterocycles. The minimum absolute atomic E-state index is 0.0412. The van der Waals surface area contributed by atoms with E-state index in [9.17, 15) is 9.59 Å². The van der Waals surface area contributed by atoms with Crippen molar-refractivity contribution in [1.82, 2.24) is 20.4 Å². The van der Waals surface area contributed by atoms with Crippen molar-refractivity contribution in [1.29, 1.82) is 0 Å². The second kappa shape index (κ2) is 8.15. The summed E-state index contributed by atoms with van der Waals surface area (Å²) < 4.78 is 0. The Balaban J connectivity index is 1.41. The van der Waals surface area contributed by atoms with E-state index in [1.807, 2.05) is 11.0 Å². The Morgan fingerprint density at radius 2 is 1.96 bits per heavy atom. The maximum absolute atomic E-state index is 12.5. The number of hydrogen-bond acceptors (Lipinski definition) is 3. The number of rotatable bonds is 5. The highest BCUT2D eigenvalue weighted by Crippen LogP contribution is 2.09. The summed E-state index contributed by atoms with van der Waals surface area (Å²) in [6.07, 6.45) is 3.23. The normalized spacial score (nSPS) is 21.9. The van der Waals surface area contributed by atoms with Crippen LogP contribution in [0.15, 0.2) is 30.3 Å². The molecular formula is C18H26N4O2. The number of carbonyl (C=O) groups is 2. The molecule has 0 aromatic heterocycles. The van der Waals surface area contributed by atoms with Crippen LogP contribution in [0.3, 0.4) is 0 Å². The summed E-state index contributed by atoms with van der Waals surface area (Å²) in [5.74, 6) is 0.0412. The highest BCUT2D eigenvalue weighted by Gasteiger charge is 2.31. The number of carbonyl (C=O) groups excluding carboxylic acids is 2. The summed E-state index contributed by atoms with van der Waals surface area (Å²) in [4.78, 5) is 28.0. The summed E-state index contributed by atoms with van der Waals surface area (Å²) in [7, 11) is 0. The van der Waals surface area contributed by atoms with Gasteiger partial charge in [-0.1, -0.05) is 30.3 Å². The minimum Gasteiger partial charge on any atom is -0.340 e. The molecule has 2 N–H and O–H groups in total. The molecule has 3 amide bonds. The molecule has 0 saturated carbocycles. The third-order valence-electron chi connectivity index (χ3n) is 4.75. The molecule has 2 fully saturated rings. The van der Waals surface area contributed by atoms with Gasteiger partial charge < -0.3 is 20.4 Å². The zero-order valence-electron chi connectivity index (χ0n) is 14.0. The van der Waals surface area contributed by atoms with E-state index in [2.05, 4.69) is 39.8 Å². The SMILES string of the molecule is O=C1NC[C@H](C(=O)N2CCCN(CCCc3ccccc3)CC2)N1. The molecule has 0 bridgehead atoms. The van der Waals surface area contributed by atoms with Gasteiger partial charge in [-0.3, -0.25) is 4.79 Å². The van der Waals surface area contributed by atoms with E-state index in [0.717, 1.165) is 52.0 Å². The Morgan fingerprint density at radius 3 is 2.71 bits per heavy atom. The van der Waals surface area contributed by atoms with Crippen LogP contribution in [0.25, 0.3) is 0 Å². The van der Waals surface area contributed by atoms with Crippen LogP contribution in [0, 0.1) is 0 Å². The number of aryl methyl sites for hydroxylation is 1. The van der Waals surface area contributed by atoms with Gasteiger partial charge in [0.05, 0.1) is 0 Å². The fourth-order valence-electron chi connectivity index (χ4n) is 3.39. The van der Waals surface area contributed by atoms with E-state index in [1.54, 1.807) is 0 Å². The number of amides is 3. The lowest BCUT2D eigenvalue weighted by Crippen LogP contribution is -2.46. The smallest absolute Gasteiger partial charge is 0.315 e. The van der Waals surface area contributed by atoms with Crippen molar-refractivity contribution in [2.45, 2.75) is 25.3 Å². The van der Waals surface area contributed by atoms with E-state index in [0.29, 0.717) is 6.54 Å². The molecule has 2 saturated heterocycles. The zero-order chi connectivity index (χ0) is 16.8. The van der Waals surface area contributed by atoms with Crippen molar-refractivity contribution in [3.63, 3.8) is 0 Å². The number of benzene rings is 1. The van der Waals surface area contributed by atoms with Gasteiger partial charge in [-0.05, 0) is 37.9 Å². The van der Waals surface area contributed by atoms with Crippen molar-refractivity contribution < 1.29 is 9.59 Å².